The highest BCUT2D eigenvalue weighted by Gasteiger charge is 2.21. The van der Waals surface area contributed by atoms with Crippen LogP contribution in [0.3, 0.4) is 0 Å². The second-order valence-corrected chi connectivity index (χ2v) is 7.57. The van der Waals surface area contributed by atoms with Gasteiger partial charge in [-0.2, -0.15) is 0 Å². The van der Waals surface area contributed by atoms with Gasteiger partial charge in [0.25, 0.3) is 0 Å². The number of ether oxygens (including phenoxy) is 2. The number of nitrogens with one attached hydrogen (secondary N) is 1. The van der Waals surface area contributed by atoms with E-state index in [1.807, 2.05) is 0 Å². The number of anilines is 1. The molecule has 0 atom stereocenters. The van der Waals surface area contributed by atoms with Crippen molar-refractivity contribution in [3.8, 4) is 11.5 Å². The molecule has 0 bridgehead atoms. The quantitative estimate of drug-likeness (QED) is 0.712. The molecule has 1 aromatic heterocycles. The highest BCUT2D eigenvalue weighted by molar-refractivity contribution is 5.96. The van der Waals surface area contributed by atoms with E-state index < -0.39 is 0 Å². The monoisotopic (exact) mass is 369 g/mol. The van der Waals surface area contributed by atoms with E-state index in [1.165, 1.54) is 49.3 Å². The molecule has 0 unspecified atom stereocenters. The minimum absolute atomic E-state index is 0.712. The summed E-state index contributed by atoms with van der Waals surface area (Å²) in [5, 5.41) is 4.70. The number of benzene rings is 1. The van der Waals surface area contributed by atoms with Gasteiger partial charge in [0.1, 0.15) is 0 Å². The number of rotatable bonds is 8. The van der Waals surface area contributed by atoms with Crippen molar-refractivity contribution in [1.29, 1.82) is 0 Å². The molecule has 5 heteroatoms. The summed E-state index contributed by atoms with van der Waals surface area (Å²) < 4.78 is 11.7. The first-order chi connectivity index (χ1) is 13.3. The van der Waals surface area contributed by atoms with Gasteiger partial charge < -0.3 is 19.7 Å². The molecule has 1 aromatic carbocycles. The lowest BCUT2D eigenvalue weighted by Crippen LogP contribution is -2.21. The van der Waals surface area contributed by atoms with Crippen molar-refractivity contribution in [2.45, 2.75) is 45.4 Å². The van der Waals surface area contributed by atoms with Crippen LogP contribution < -0.4 is 14.8 Å². The number of likely N-dealkylation sites (tertiary alicyclic amines) is 1. The summed E-state index contributed by atoms with van der Waals surface area (Å²) in [6, 6.07) is 4.15. The van der Waals surface area contributed by atoms with Gasteiger partial charge in [0.05, 0.1) is 19.2 Å². The Morgan fingerprint density at radius 1 is 1.11 bits per heavy atom. The lowest BCUT2D eigenvalue weighted by atomic mass is 10.1. The van der Waals surface area contributed by atoms with Crippen molar-refractivity contribution < 1.29 is 9.47 Å². The Morgan fingerprint density at radius 2 is 1.96 bits per heavy atom. The summed E-state index contributed by atoms with van der Waals surface area (Å²) in [6.45, 7) is 7.35. The van der Waals surface area contributed by atoms with Crippen LogP contribution in [0.2, 0.25) is 0 Å². The van der Waals surface area contributed by atoms with Crippen molar-refractivity contribution in [3.63, 3.8) is 0 Å². The van der Waals surface area contributed by atoms with Crippen LogP contribution in [0, 0.1) is 0 Å². The fourth-order valence-electron chi connectivity index (χ4n) is 4.40. The summed E-state index contributed by atoms with van der Waals surface area (Å²) in [5.41, 5.74) is 4.85. The Labute approximate surface area is 162 Å². The molecule has 1 aliphatic heterocycles. The maximum absolute atomic E-state index is 6.10. The Balaban J connectivity index is 1.56. The lowest BCUT2D eigenvalue weighted by molar-refractivity contribution is 0.254. The zero-order valence-electron chi connectivity index (χ0n) is 16.6. The fraction of sp³-hybridized carbons (Fsp3) is 0.591. The number of nitrogens with zero attached hydrogens (tertiary/aromatic N) is 2. The molecule has 27 heavy (non-hydrogen) atoms. The van der Waals surface area contributed by atoms with Crippen LogP contribution in [0.5, 0.6) is 11.5 Å². The van der Waals surface area contributed by atoms with E-state index in [1.54, 1.807) is 7.11 Å². The molecule has 0 radical (unpaired) electrons. The second-order valence-electron chi connectivity index (χ2n) is 7.57. The van der Waals surface area contributed by atoms with E-state index in [0.29, 0.717) is 6.61 Å². The van der Waals surface area contributed by atoms with Crippen molar-refractivity contribution in [1.82, 2.24) is 9.88 Å². The largest absolute Gasteiger partial charge is 0.493 e. The third-order valence-electron chi connectivity index (χ3n) is 5.73. The number of aryl methyl sites for hydroxylation is 1. The average Bonchev–Trinajstić information content (AvgIpc) is 3.36. The van der Waals surface area contributed by atoms with Gasteiger partial charge in [-0.3, -0.25) is 4.98 Å². The van der Waals surface area contributed by atoms with Crippen LogP contribution in [0.1, 0.15) is 43.9 Å². The molecule has 0 spiro atoms. The first-order valence-corrected chi connectivity index (χ1v) is 10.4. The molecule has 1 N–H and O–H groups in total. The number of hydrogen-bond donors (Lipinski definition) is 1. The van der Waals surface area contributed by atoms with E-state index in [0.717, 1.165) is 54.8 Å². The summed E-state index contributed by atoms with van der Waals surface area (Å²) in [7, 11) is 1.71. The Kier molecular flexibility index (Phi) is 5.67. The smallest absolute Gasteiger partial charge is 0.163 e. The number of pyridine rings is 1. The Morgan fingerprint density at radius 3 is 2.74 bits per heavy atom. The molecule has 0 saturated carbocycles. The van der Waals surface area contributed by atoms with Gasteiger partial charge in [-0.1, -0.05) is 0 Å². The number of hydrogen-bond acceptors (Lipinski definition) is 5. The summed E-state index contributed by atoms with van der Waals surface area (Å²) >= 11 is 0. The SMILES string of the molecule is CCNc1c2c(nc3cc(OCCCN4CCCC4)c(OC)cc13)CCC2. The van der Waals surface area contributed by atoms with Crippen molar-refractivity contribution in [2.24, 2.45) is 0 Å². The first-order valence-electron chi connectivity index (χ1n) is 10.4. The molecule has 2 aliphatic rings. The van der Waals surface area contributed by atoms with Gasteiger partial charge in [0, 0.05) is 35.9 Å². The minimum atomic E-state index is 0.712. The summed E-state index contributed by atoms with van der Waals surface area (Å²) in [4.78, 5) is 7.46. The summed E-state index contributed by atoms with van der Waals surface area (Å²) in [5.74, 6) is 1.60. The molecule has 2 aromatic rings. The highest BCUT2D eigenvalue weighted by Crippen LogP contribution is 2.39. The van der Waals surface area contributed by atoms with Crippen LogP contribution in [0.4, 0.5) is 5.69 Å². The maximum Gasteiger partial charge on any atom is 0.163 e. The number of methoxy groups -OCH3 is 1. The van der Waals surface area contributed by atoms with Crippen molar-refractivity contribution >= 4 is 16.6 Å². The van der Waals surface area contributed by atoms with Gasteiger partial charge >= 0.3 is 0 Å². The normalized spacial score (nSPS) is 16.7. The molecule has 1 aliphatic carbocycles. The first kappa shape index (κ1) is 18.4. The molecule has 0 amide bonds. The molecular weight excluding hydrogens is 338 g/mol. The van der Waals surface area contributed by atoms with Crippen molar-refractivity contribution in [3.05, 3.63) is 23.4 Å². The molecule has 1 fully saturated rings. The number of aromatic nitrogens is 1. The van der Waals surface area contributed by atoms with Crippen LogP contribution in [0.25, 0.3) is 10.9 Å². The predicted molar refractivity (Wildman–Crippen MR) is 110 cm³/mol. The van der Waals surface area contributed by atoms with Crippen LogP contribution in [-0.2, 0) is 12.8 Å². The topological polar surface area (TPSA) is 46.6 Å². The third kappa shape index (κ3) is 3.84. The number of fused-ring (bicyclic) bond motifs is 2. The lowest BCUT2D eigenvalue weighted by Gasteiger charge is -2.18. The van der Waals surface area contributed by atoms with Crippen molar-refractivity contribution in [2.75, 3.05) is 45.2 Å². The molecule has 5 nitrogen and oxygen atoms in total. The second kappa shape index (κ2) is 8.34. The maximum atomic E-state index is 6.10. The minimum Gasteiger partial charge on any atom is -0.493 e. The van der Waals surface area contributed by atoms with Gasteiger partial charge in [0.15, 0.2) is 11.5 Å². The molecular formula is C22H31N3O2. The van der Waals surface area contributed by atoms with E-state index in [2.05, 4.69) is 29.3 Å². The Hall–Kier alpha value is -2.01. The van der Waals surface area contributed by atoms with Crippen LogP contribution in [0.15, 0.2) is 12.1 Å². The van der Waals surface area contributed by atoms with E-state index in [4.69, 9.17) is 14.5 Å². The van der Waals surface area contributed by atoms with Gasteiger partial charge in [0.2, 0.25) is 0 Å². The van der Waals surface area contributed by atoms with Gasteiger partial charge in [-0.25, -0.2) is 0 Å². The van der Waals surface area contributed by atoms with E-state index >= 15 is 0 Å². The van der Waals surface area contributed by atoms with E-state index in [-0.39, 0.29) is 0 Å². The molecule has 1 saturated heterocycles. The summed E-state index contributed by atoms with van der Waals surface area (Å²) in [6.07, 6.45) is 7.09. The average molecular weight is 370 g/mol. The van der Waals surface area contributed by atoms with Gasteiger partial charge in [-0.15, -0.1) is 0 Å². The third-order valence-corrected chi connectivity index (χ3v) is 5.73. The standard InChI is InChI=1S/C22H31N3O2/c1-3-23-22-16-8-6-9-18(16)24-19-15-21(20(26-2)14-17(19)22)27-13-7-12-25-10-4-5-11-25/h14-15H,3-13H2,1-2H3,(H,23,24). The van der Waals surface area contributed by atoms with Crippen LogP contribution in [-0.4, -0.2) is 49.8 Å². The van der Waals surface area contributed by atoms with Gasteiger partial charge in [-0.05, 0) is 70.2 Å². The van der Waals surface area contributed by atoms with E-state index in [9.17, 15) is 0 Å². The molecule has 4 rings (SSSR count). The molecule has 146 valence electrons. The van der Waals surface area contributed by atoms with Crippen LogP contribution >= 0.6 is 0 Å². The fourth-order valence-corrected chi connectivity index (χ4v) is 4.40. The predicted octanol–water partition coefficient (Wildman–Crippen LogP) is 4.03. The zero-order valence-corrected chi connectivity index (χ0v) is 16.6. The Bertz CT molecular complexity index is 800. The highest BCUT2D eigenvalue weighted by atomic mass is 16.5. The molecule has 2 heterocycles. The zero-order chi connectivity index (χ0) is 18.6.